The summed E-state index contributed by atoms with van der Waals surface area (Å²) in [4.78, 5) is 0. The molecule has 0 N–H and O–H groups in total. The number of rotatable bonds is 0. The summed E-state index contributed by atoms with van der Waals surface area (Å²) in [6.07, 6.45) is 5.48. The van der Waals surface area contributed by atoms with Crippen molar-refractivity contribution in [2.24, 2.45) is 0 Å². The van der Waals surface area contributed by atoms with E-state index in [-0.39, 0.29) is 12.2 Å². The van der Waals surface area contributed by atoms with Crippen LogP contribution in [0, 0.1) is 6.08 Å². The number of ether oxygens (including phenoxy) is 1. The molecule has 2 aliphatic heterocycles. The molecule has 2 bridgehead atoms. The second-order valence-corrected chi connectivity index (χ2v) is 2.90. The van der Waals surface area contributed by atoms with Gasteiger partial charge >= 0.3 is 6.10 Å². The van der Waals surface area contributed by atoms with Gasteiger partial charge in [0.2, 0.25) is 0 Å². The molecule has 0 aliphatic carbocycles. The Kier molecular flexibility index (Phi) is 0.848. The van der Waals surface area contributed by atoms with E-state index < -0.39 is 0 Å². The Labute approximate surface area is 65.3 Å². The summed E-state index contributed by atoms with van der Waals surface area (Å²) in [5.74, 6) is 0. The number of hydrogen-bond acceptors (Lipinski definition) is 1. The zero-order valence-corrected chi connectivity index (χ0v) is 5.95. The van der Waals surface area contributed by atoms with Crippen LogP contribution in [0.3, 0.4) is 0 Å². The van der Waals surface area contributed by atoms with Crippen molar-refractivity contribution in [3.8, 4) is 0 Å². The van der Waals surface area contributed by atoms with Gasteiger partial charge in [-0.15, -0.1) is 0 Å². The van der Waals surface area contributed by atoms with Crippen molar-refractivity contribution < 1.29 is 4.74 Å². The second-order valence-electron chi connectivity index (χ2n) is 2.90. The highest BCUT2D eigenvalue weighted by atomic mass is 16.5. The SMILES string of the molecule is [C+]1=CC2OC1c1ccccc12. The van der Waals surface area contributed by atoms with Gasteiger partial charge in [0.1, 0.15) is 0 Å². The van der Waals surface area contributed by atoms with Crippen molar-refractivity contribution >= 4 is 0 Å². The smallest absolute Gasteiger partial charge is 0.303 e. The van der Waals surface area contributed by atoms with E-state index in [0.29, 0.717) is 0 Å². The molecule has 0 radical (unpaired) electrons. The van der Waals surface area contributed by atoms with Crippen LogP contribution in [-0.2, 0) is 4.74 Å². The van der Waals surface area contributed by atoms with Crippen LogP contribution in [-0.4, -0.2) is 0 Å². The highest BCUT2D eigenvalue weighted by Gasteiger charge is 2.43. The molecule has 0 spiro atoms. The first kappa shape index (κ1) is 5.48. The van der Waals surface area contributed by atoms with E-state index in [0.717, 1.165) is 0 Å². The molecule has 1 aromatic carbocycles. The van der Waals surface area contributed by atoms with Crippen molar-refractivity contribution in [3.63, 3.8) is 0 Å². The Bertz CT molecular complexity index is 296. The first-order valence-electron chi connectivity index (χ1n) is 3.79. The summed E-state index contributed by atoms with van der Waals surface area (Å²) in [5, 5.41) is 0. The molecular weight excluding hydrogens is 136 g/mol. The van der Waals surface area contributed by atoms with Gasteiger partial charge in [-0.3, -0.25) is 0 Å². The van der Waals surface area contributed by atoms with Crippen LogP contribution in [0.15, 0.2) is 30.3 Å². The minimum Gasteiger partial charge on any atom is -0.309 e. The van der Waals surface area contributed by atoms with Crippen molar-refractivity contribution in [2.45, 2.75) is 12.2 Å². The fourth-order valence-electron chi connectivity index (χ4n) is 1.73. The highest BCUT2D eigenvalue weighted by molar-refractivity contribution is 5.40. The van der Waals surface area contributed by atoms with Gasteiger partial charge in [-0.05, 0) is 0 Å². The largest absolute Gasteiger partial charge is 0.309 e. The Morgan fingerprint density at radius 1 is 1.18 bits per heavy atom. The lowest BCUT2D eigenvalue weighted by Crippen LogP contribution is -1.91. The maximum absolute atomic E-state index is 5.58. The van der Waals surface area contributed by atoms with Crippen molar-refractivity contribution in [2.75, 3.05) is 0 Å². The monoisotopic (exact) mass is 143 g/mol. The van der Waals surface area contributed by atoms with Crippen molar-refractivity contribution in [1.29, 1.82) is 0 Å². The van der Waals surface area contributed by atoms with Gasteiger partial charge in [-0.2, -0.15) is 0 Å². The molecule has 3 rings (SSSR count). The number of hydrogen-bond donors (Lipinski definition) is 0. The molecule has 0 amide bonds. The molecule has 1 aromatic rings. The van der Waals surface area contributed by atoms with E-state index in [1.54, 1.807) is 0 Å². The zero-order chi connectivity index (χ0) is 7.26. The fraction of sp³-hybridized carbons (Fsp3) is 0.200. The lowest BCUT2D eigenvalue weighted by atomic mass is 9.97. The molecule has 2 aliphatic rings. The Morgan fingerprint density at radius 2 is 2.00 bits per heavy atom. The minimum absolute atomic E-state index is 0.121. The van der Waals surface area contributed by atoms with Gasteiger partial charge < -0.3 is 4.74 Å². The average molecular weight is 143 g/mol. The van der Waals surface area contributed by atoms with Gasteiger partial charge in [0.25, 0.3) is 6.08 Å². The summed E-state index contributed by atoms with van der Waals surface area (Å²) in [6.45, 7) is 0. The Hall–Kier alpha value is -1.17. The van der Waals surface area contributed by atoms with Crippen LogP contribution in [0.25, 0.3) is 0 Å². The van der Waals surface area contributed by atoms with E-state index >= 15 is 0 Å². The van der Waals surface area contributed by atoms with E-state index in [4.69, 9.17) is 4.74 Å². The van der Waals surface area contributed by atoms with Crippen LogP contribution >= 0.6 is 0 Å². The van der Waals surface area contributed by atoms with Gasteiger partial charge in [-0.25, -0.2) is 0 Å². The van der Waals surface area contributed by atoms with Crippen LogP contribution in [0.2, 0.25) is 0 Å². The third kappa shape index (κ3) is 0.572. The molecule has 0 aromatic heterocycles. The van der Waals surface area contributed by atoms with E-state index in [1.807, 2.05) is 12.1 Å². The quantitative estimate of drug-likeness (QED) is 0.506. The minimum atomic E-state index is 0.121. The Morgan fingerprint density at radius 3 is 2.82 bits per heavy atom. The summed E-state index contributed by atoms with van der Waals surface area (Å²) in [7, 11) is 0. The van der Waals surface area contributed by atoms with Gasteiger partial charge in [0.15, 0.2) is 12.2 Å². The molecular formula is C10H7O+. The third-order valence-electron chi connectivity index (χ3n) is 2.27. The van der Waals surface area contributed by atoms with E-state index in [9.17, 15) is 0 Å². The first-order chi connectivity index (χ1) is 5.45. The zero-order valence-electron chi connectivity index (χ0n) is 5.95. The molecule has 52 valence electrons. The van der Waals surface area contributed by atoms with Crippen LogP contribution in [0.4, 0.5) is 0 Å². The van der Waals surface area contributed by atoms with Crippen molar-refractivity contribution in [3.05, 3.63) is 47.5 Å². The predicted molar refractivity (Wildman–Crippen MR) is 40.8 cm³/mol. The summed E-state index contributed by atoms with van der Waals surface area (Å²) in [6, 6.07) is 8.33. The van der Waals surface area contributed by atoms with Crippen molar-refractivity contribution in [1.82, 2.24) is 0 Å². The molecule has 0 fully saturated rings. The topological polar surface area (TPSA) is 9.23 Å². The summed E-state index contributed by atoms with van der Waals surface area (Å²) < 4.78 is 5.58. The first-order valence-corrected chi connectivity index (χ1v) is 3.79. The van der Waals surface area contributed by atoms with Crippen LogP contribution in [0.1, 0.15) is 23.3 Å². The fourth-order valence-corrected chi connectivity index (χ4v) is 1.73. The van der Waals surface area contributed by atoms with Crippen LogP contribution < -0.4 is 0 Å². The normalized spacial score (nSPS) is 30.2. The molecule has 0 saturated carbocycles. The van der Waals surface area contributed by atoms with Gasteiger partial charge in [0.05, 0.1) is 0 Å². The average Bonchev–Trinajstić information content (AvgIpc) is 2.64. The molecule has 2 unspecified atom stereocenters. The summed E-state index contributed by atoms with van der Waals surface area (Å²) in [5.41, 5.74) is 2.61. The molecule has 1 nitrogen and oxygen atoms in total. The maximum atomic E-state index is 5.58. The lowest BCUT2D eigenvalue weighted by Gasteiger charge is -1.97. The van der Waals surface area contributed by atoms with E-state index in [1.165, 1.54) is 11.1 Å². The summed E-state index contributed by atoms with van der Waals surface area (Å²) >= 11 is 0. The molecule has 11 heavy (non-hydrogen) atoms. The van der Waals surface area contributed by atoms with E-state index in [2.05, 4.69) is 24.3 Å². The molecule has 2 atom stereocenters. The lowest BCUT2D eigenvalue weighted by molar-refractivity contribution is 0.0851. The molecule has 2 heterocycles. The van der Waals surface area contributed by atoms with Crippen LogP contribution in [0.5, 0.6) is 0 Å². The molecule has 0 saturated heterocycles. The number of fused-ring (bicyclic) bond motifs is 5. The molecule has 1 heteroatoms. The highest BCUT2D eigenvalue weighted by Crippen LogP contribution is 2.44. The third-order valence-corrected chi connectivity index (χ3v) is 2.27. The van der Waals surface area contributed by atoms with Gasteiger partial charge in [-0.1, -0.05) is 24.3 Å². The second kappa shape index (κ2) is 1.70. The predicted octanol–water partition coefficient (Wildman–Crippen LogP) is 2.17. The standard InChI is InChI=1S/C10H7O/c1-2-4-8-7(3-1)9-5-6-10(8)11-9/h1-5,9-10H/q+1. The maximum Gasteiger partial charge on any atom is 0.303 e. The number of benzene rings is 1. The van der Waals surface area contributed by atoms with Gasteiger partial charge in [0, 0.05) is 11.1 Å². The Balaban J connectivity index is 2.28.